The van der Waals surface area contributed by atoms with Crippen LogP contribution < -0.4 is 0 Å². The fourth-order valence-corrected chi connectivity index (χ4v) is 4.94. The van der Waals surface area contributed by atoms with E-state index < -0.39 is 0 Å². The van der Waals surface area contributed by atoms with Crippen molar-refractivity contribution in [1.29, 1.82) is 0 Å². The van der Waals surface area contributed by atoms with E-state index in [-0.39, 0.29) is 29.2 Å². The van der Waals surface area contributed by atoms with Gasteiger partial charge >= 0.3 is 0 Å². The van der Waals surface area contributed by atoms with Crippen LogP contribution in [0.4, 0.5) is 4.39 Å². The molecule has 3 heterocycles. The molecule has 0 saturated carbocycles. The Balaban J connectivity index is 1.58. The van der Waals surface area contributed by atoms with Crippen molar-refractivity contribution in [1.82, 2.24) is 19.7 Å². The summed E-state index contributed by atoms with van der Waals surface area (Å²) in [6, 6.07) is 6.11. The lowest BCUT2D eigenvalue weighted by molar-refractivity contribution is 0.0953. The maximum Gasteiger partial charge on any atom is 0.192 e. The highest BCUT2D eigenvalue weighted by atomic mass is 32.2. The highest BCUT2D eigenvalue weighted by molar-refractivity contribution is 7.99. The molecule has 32 heavy (non-hydrogen) atoms. The highest BCUT2D eigenvalue weighted by Crippen LogP contribution is 2.28. The standard InChI is InChI=1S/C23H25FN4O3S/c1-13-20(15(3)29)14(2)25-21(13)19(30)12-32-23-27-26-22(16-6-8-17(24)9-7-16)28(23)11-18-5-4-10-31-18/h6-9,18,25H,4-5,10-12H2,1-3H3/t18-/m0/s1. The number of carbonyl (C=O) groups excluding carboxylic acids is 2. The Kier molecular flexibility index (Phi) is 6.57. The quantitative estimate of drug-likeness (QED) is 0.400. The average Bonchev–Trinajstić information content (AvgIpc) is 3.47. The average molecular weight is 457 g/mol. The fraction of sp³-hybridized carbons (Fsp3) is 0.391. The van der Waals surface area contributed by atoms with Crippen LogP contribution in [0.25, 0.3) is 11.4 Å². The topological polar surface area (TPSA) is 89.9 Å². The molecule has 1 aliphatic heterocycles. The van der Waals surface area contributed by atoms with Gasteiger partial charge in [0.15, 0.2) is 22.5 Å². The summed E-state index contributed by atoms with van der Waals surface area (Å²) < 4.78 is 21.1. The molecule has 7 nitrogen and oxygen atoms in total. The maximum absolute atomic E-state index is 13.4. The third-order valence-electron chi connectivity index (χ3n) is 5.63. The summed E-state index contributed by atoms with van der Waals surface area (Å²) in [5.74, 6) is 0.258. The number of ketones is 2. The number of halogens is 1. The second-order valence-electron chi connectivity index (χ2n) is 7.95. The molecule has 168 valence electrons. The van der Waals surface area contributed by atoms with Gasteiger partial charge in [-0.1, -0.05) is 11.8 Å². The summed E-state index contributed by atoms with van der Waals surface area (Å²) in [5, 5.41) is 9.22. The number of hydrogen-bond acceptors (Lipinski definition) is 6. The van der Waals surface area contributed by atoms with E-state index in [1.165, 1.54) is 30.8 Å². The Labute approximate surface area is 189 Å². The number of hydrogen-bond donors (Lipinski definition) is 1. The van der Waals surface area contributed by atoms with Gasteiger partial charge in [0.2, 0.25) is 0 Å². The van der Waals surface area contributed by atoms with Crippen molar-refractivity contribution in [3.63, 3.8) is 0 Å². The Bertz CT molecular complexity index is 1150. The van der Waals surface area contributed by atoms with E-state index in [0.717, 1.165) is 25.0 Å². The normalized spacial score (nSPS) is 15.9. The SMILES string of the molecule is CC(=O)c1c(C)[nH]c(C(=O)CSc2nnc(-c3ccc(F)cc3)n2C[C@@H]2CCCO2)c1C. The predicted octanol–water partition coefficient (Wildman–Crippen LogP) is 4.39. The second-order valence-corrected chi connectivity index (χ2v) is 8.89. The summed E-state index contributed by atoms with van der Waals surface area (Å²) in [7, 11) is 0. The summed E-state index contributed by atoms with van der Waals surface area (Å²) in [5.41, 5.74) is 3.14. The summed E-state index contributed by atoms with van der Waals surface area (Å²) in [4.78, 5) is 27.8. The van der Waals surface area contributed by atoms with Crippen molar-refractivity contribution in [3.05, 3.63) is 52.6 Å². The predicted molar refractivity (Wildman–Crippen MR) is 120 cm³/mol. The molecule has 1 atom stereocenters. The van der Waals surface area contributed by atoms with Crippen LogP contribution in [0.3, 0.4) is 0 Å². The monoisotopic (exact) mass is 456 g/mol. The van der Waals surface area contributed by atoms with Crippen molar-refractivity contribution in [2.75, 3.05) is 12.4 Å². The van der Waals surface area contributed by atoms with E-state index in [1.54, 1.807) is 26.0 Å². The Hall–Kier alpha value is -2.78. The number of nitrogens with one attached hydrogen (secondary N) is 1. The van der Waals surface area contributed by atoms with E-state index in [4.69, 9.17) is 4.74 Å². The molecule has 1 aliphatic rings. The molecule has 4 rings (SSSR count). The van der Waals surface area contributed by atoms with Gasteiger partial charge in [-0.25, -0.2) is 4.39 Å². The molecule has 0 radical (unpaired) electrons. The lowest BCUT2D eigenvalue weighted by Crippen LogP contribution is -2.17. The molecule has 9 heteroatoms. The van der Waals surface area contributed by atoms with Crippen LogP contribution in [-0.2, 0) is 11.3 Å². The minimum atomic E-state index is -0.319. The van der Waals surface area contributed by atoms with E-state index in [1.807, 2.05) is 4.57 Å². The number of nitrogens with zero attached hydrogens (tertiary/aromatic N) is 3. The molecule has 1 N–H and O–H groups in total. The van der Waals surface area contributed by atoms with E-state index in [9.17, 15) is 14.0 Å². The maximum atomic E-state index is 13.4. The zero-order valence-corrected chi connectivity index (χ0v) is 19.1. The van der Waals surface area contributed by atoms with Crippen molar-refractivity contribution >= 4 is 23.3 Å². The first-order valence-corrected chi connectivity index (χ1v) is 11.5. The number of thioether (sulfide) groups is 1. The van der Waals surface area contributed by atoms with Crippen LogP contribution >= 0.6 is 11.8 Å². The molecule has 0 amide bonds. The van der Waals surface area contributed by atoms with E-state index in [2.05, 4.69) is 15.2 Å². The van der Waals surface area contributed by atoms with Crippen LogP contribution in [0.2, 0.25) is 0 Å². The molecule has 2 aromatic heterocycles. The number of H-pyrrole nitrogens is 1. The van der Waals surface area contributed by atoms with Crippen molar-refractivity contribution in [2.24, 2.45) is 0 Å². The van der Waals surface area contributed by atoms with Crippen LogP contribution in [0.15, 0.2) is 29.4 Å². The minimum Gasteiger partial charge on any atom is -0.376 e. The molecule has 0 bridgehead atoms. The molecule has 0 aliphatic carbocycles. The molecule has 1 saturated heterocycles. The van der Waals surface area contributed by atoms with Crippen LogP contribution in [-0.4, -0.2) is 49.8 Å². The molecule has 0 spiro atoms. The van der Waals surface area contributed by atoms with Gasteiger partial charge in [-0.3, -0.25) is 14.2 Å². The first-order chi connectivity index (χ1) is 15.3. The zero-order chi connectivity index (χ0) is 22.8. The smallest absolute Gasteiger partial charge is 0.192 e. The number of ether oxygens (including phenoxy) is 1. The Morgan fingerprint density at radius 1 is 1.25 bits per heavy atom. The van der Waals surface area contributed by atoms with Crippen molar-refractivity contribution in [2.45, 2.75) is 51.4 Å². The molecule has 3 aromatic rings. The van der Waals surface area contributed by atoms with Crippen LogP contribution in [0.5, 0.6) is 0 Å². The van der Waals surface area contributed by atoms with Crippen LogP contribution in [0.1, 0.15) is 51.9 Å². The Morgan fingerprint density at radius 2 is 2.00 bits per heavy atom. The highest BCUT2D eigenvalue weighted by Gasteiger charge is 2.24. The number of benzene rings is 1. The van der Waals surface area contributed by atoms with Crippen molar-refractivity contribution < 1.29 is 18.7 Å². The lowest BCUT2D eigenvalue weighted by Gasteiger charge is -2.14. The number of Topliss-reactive ketones (excluding diaryl/α,β-unsaturated/α-hetero) is 2. The van der Waals surface area contributed by atoms with Gasteiger partial charge in [-0.15, -0.1) is 10.2 Å². The largest absolute Gasteiger partial charge is 0.376 e. The molecule has 1 fully saturated rings. The number of aromatic amines is 1. The van der Waals surface area contributed by atoms with Crippen molar-refractivity contribution in [3.8, 4) is 11.4 Å². The van der Waals surface area contributed by atoms with E-state index >= 15 is 0 Å². The third-order valence-corrected chi connectivity index (χ3v) is 6.60. The van der Waals surface area contributed by atoms with Gasteiger partial charge in [0.25, 0.3) is 0 Å². The van der Waals surface area contributed by atoms with Crippen LogP contribution in [0, 0.1) is 19.7 Å². The number of aromatic nitrogens is 4. The molecule has 0 unspecified atom stereocenters. The van der Waals surface area contributed by atoms with Gasteiger partial charge < -0.3 is 9.72 Å². The molecule has 1 aromatic carbocycles. The summed E-state index contributed by atoms with van der Waals surface area (Å²) in [6.07, 6.45) is 1.99. The van der Waals surface area contributed by atoms with Gasteiger partial charge in [-0.05, 0) is 63.4 Å². The van der Waals surface area contributed by atoms with Gasteiger partial charge in [0.05, 0.1) is 24.1 Å². The number of aryl methyl sites for hydroxylation is 1. The fourth-order valence-electron chi connectivity index (χ4n) is 4.12. The van der Waals surface area contributed by atoms with E-state index in [0.29, 0.717) is 40.0 Å². The van der Waals surface area contributed by atoms with Gasteiger partial charge in [0, 0.05) is 23.4 Å². The lowest BCUT2D eigenvalue weighted by atomic mass is 10.1. The molecular weight excluding hydrogens is 431 g/mol. The number of rotatable bonds is 8. The summed E-state index contributed by atoms with van der Waals surface area (Å²) in [6.45, 7) is 6.36. The van der Waals surface area contributed by atoms with Gasteiger partial charge in [-0.2, -0.15) is 0 Å². The van der Waals surface area contributed by atoms with Gasteiger partial charge in [0.1, 0.15) is 5.82 Å². The molecular formula is C23H25FN4O3S. The minimum absolute atomic E-state index is 0.0478. The zero-order valence-electron chi connectivity index (χ0n) is 18.3. The Morgan fingerprint density at radius 3 is 2.62 bits per heavy atom. The third kappa shape index (κ3) is 4.54. The first kappa shape index (κ1) is 22.4. The second kappa shape index (κ2) is 9.38. The summed E-state index contributed by atoms with van der Waals surface area (Å²) >= 11 is 1.29. The first-order valence-electron chi connectivity index (χ1n) is 10.5. The number of carbonyl (C=O) groups is 2.